The van der Waals surface area contributed by atoms with E-state index in [1.807, 2.05) is 14.0 Å². The number of likely N-dealkylation sites (N-methyl/N-ethyl adjacent to an activating group) is 1. The van der Waals surface area contributed by atoms with Gasteiger partial charge in [0.1, 0.15) is 23.5 Å². The van der Waals surface area contributed by atoms with Crippen molar-refractivity contribution in [2.45, 2.75) is 45.4 Å². The number of hydroxylamine groups is 2. The Kier molecular flexibility index (Phi) is 6.84. The van der Waals surface area contributed by atoms with Crippen LogP contribution in [0.25, 0.3) is 0 Å². The number of nitrogens with one attached hydrogen (secondary N) is 2. The molecule has 2 amide bonds. The average molecular weight is 505 g/mol. The summed E-state index contributed by atoms with van der Waals surface area (Å²) in [5.41, 5.74) is 2.58. The zero-order chi connectivity index (χ0) is 26.1. The SMILES string of the molecule is CC1=NC(C2=CC3CCC(NC(=O)c4cc(C(=O)NCc5ccc(F)c(C)c5)ncn4)[C@H]3C=C2)N(C)O1. The van der Waals surface area contributed by atoms with Gasteiger partial charge in [-0.3, -0.25) is 9.59 Å². The number of halogens is 1. The zero-order valence-electron chi connectivity index (χ0n) is 20.9. The maximum Gasteiger partial charge on any atom is 0.270 e. The van der Waals surface area contributed by atoms with Crippen LogP contribution in [0.15, 0.2) is 59.4 Å². The highest BCUT2D eigenvalue weighted by molar-refractivity contribution is 5.97. The molecule has 0 bridgehead atoms. The number of carbonyl (C=O) groups is 2. The molecule has 1 fully saturated rings. The molecule has 9 nitrogen and oxygen atoms in total. The molecule has 0 radical (unpaired) electrons. The second-order valence-corrected chi connectivity index (χ2v) is 9.64. The number of benzene rings is 1. The van der Waals surface area contributed by atoms with Crippen LogP contribution in [0.2, 0.25) is 0 Å². The molecule has 3 unspecified atom stereocenters. The molecule has 1 aromatic carbocycles. The lowest BCUT2D eigenvalue weighted by Crippen LogP contribution is -2.39. The van der Waals surface area contributed by atoms with E-state index in [1.165, 1.54) is 18.5 Å². The summed E-state index contributed by atoms with van der Waals surface area (Å²) in [5, 5.41) is 7.58. The van der Waals surface area contributed by atoms with Gasteiger partial charge in [-0.25, -0.2) is 19.4 Å². The second kappa shape index (κ2) is 10.2. The highest BCUT2D eigenvalue weighted by atomic mass is 19.1. The number of rotatable bonds is 6. The third kappa shape index (κ3) is 5.29. The van der Waals surface area contributed by atoms with Crippen LogP contribution < -0.4 is 10.6 Å². The Morgan fingerprint density at radius 1 is 1.14 bits per heavy atom. The quantitative estimate of drug-likeness (QED) is 0.626. The van der Waals surface area contributed by atoms with Crippen LogP contribution in [0, 0.1) is 24.6 Å². The normalized spacial score (nSPS) is 24.6. The van der Waals surface area contributed by atoms with Gasteiger partial charge in [0.25, 0.3) is 11.8 Å². The molecule has 2 N–H and O–H groups in total. The number of aryl methyl sites for hydroxylation is 1. The molecule has 0 spiro atoms. The van der Waals surface area contributed by atoms with E-state index in [-0.39, 0.29) is 47.8 Å². The van der Waals surface area contributed by atoms with Crippen molar-refractivity contribution in [3.05, 3.63) is 82.7 Å². The van der Waals surface area contributed by atoms with Crippen molar-refractivity contribution >= 4 is 17.7 Å². The Morgan fingerprint density at radius 3 is 2.65 bits per heavy atom. The molecule has 0 saturated heterocycles. The van der Waals surface area contributed by atoms with E-state index >= 15 is 0 Å². The fourth-order valence-electron chi connectivity index (χ4n) is 5.15. The first-order chi connectivity index (χ1) is 17.8. The van der Waals surface area contributed by atoms with Gasteiger partial charge in [-0.2, -0.15) is 0 Å². The Labute approximate surface area is 214 Å². The minimum absolute atomic E-state index is 0.0386. The molecule has 2 aliphatic carbocycles. The molecule has 1 aliphatic heterocycles. The van der Waals surface area contributed by atoms with Crippen LogP contribution in [0.1, 0.15) is 51.9 Å². The van der Waals surface area contributed by atoms with Gasteiger partial charge < -0.3 is 15.5 Å². The zero-order valence-corrected chi connectivity index (χ0v) is 20.9. The van der Waals surface area contributed by atoms with Crippen molar-refractivity contribution in [2.75, 3.05) is 7.05 Å². The summed E-state index contributed by atoms with van der Waals surface area (Å²) in [4.78, 5) is 43.8. The summed E-state index contributed by atoms with van der Waals surface area (Å²) < 4.78 is 13.5. The largest absolute Gasteiger partial charge is 0.389 e. The lowest BCUT2D eigenvalue weighted by Gasteiger charge is -2.26. The summed E-state index contributed by atoms with van der Waals surface area (Å²) in [6, 6.07) is 6.00. The van der Waals surface area contributed by atoms with E-state index in [4.69, 9.17) is 4.84 Å². The van der Waals surface area contributed by atoms with Gasteiger partial charge in [0.2, 0.25) is 5.90 Å². The monoisotopic (exact) mass is 504 g/mol. The molecule has 4 atom stereocenters. The number of nitrogens with zero attached hydrogens (tertiary/aromatic N) is 4. The molecule has 37 heavy (non-hydrogen) atoms. The van der Waals surface area contributed by atoms with Crippen molar-refractivity contribution in [1.82, 2.24) is 25.7 Å². The summed E-state index contributed by atoms with van der Waals surface area (Å²) >= 11 is 0. The number of aromatic nitrogens is 2. The summed E-state index contributed by atoms with van der Waals surface area (Å²) in [6.07, 6.45) is 9.29. The van der Waals surface area contributed by atoms with E-state index in [9.17, 15) is 14.0 Å². The minimum Gasteiger partial charge on any atom is -0.389 e. The smallest absolute Gasteiger partial charge is 0.270 e. The van der Waals surface area contributed by atoms with Crippen LogP contribution in [-0.4, -0.2) is 52.0 Å². The maximum atomic E-state index is 13.5. The molecule has 10 heteroatoms. The predicted octanol–water partition coefficient (Wildman–Crippen LogP) is 3.10. The number of hydrogen-bond acceptors (Lipinski definition) is 7. The Bertz CT molecular complexity index is 1320. The molecular weight excluding hydrogens is 475 g/mol. The van der Waals surface area contributed by atoms with Crippen molar-refractivity contribution in [1.29, 1.82) is 0 Å². The van der Waals surface area contributed by atoms with Crippen LogP contribution in [-0.2, 0) is 11.4 Å². The Hall–Kier alpha value is -3.92. The fourth-order valence-corrected chi connectivity index (χ4v) is 5.15. The van der Waals surface area contributed by atoms with Gasteiger partial charge in [-0.15, -0.1) is 5.06 Å². The van der Waals surface area contributed by atoms with Gasteiger partial charge in [0, 0.05) is 38.5 Å². The first-order valence-electron chi connectivity index (χ1n) is 12.3. The minimum atomic E-state index is -0.439. The van der Waals surface area contributed by atoms with Gasteiger partial charge in [-0.1, -0.05) is 30.4 Å². The van der Waals surface area contributed by atoms with E-state index in [0.717, 1.165) is 24.0 Å². The van der Waals surface area contributed by atoms with Gasteiger partial charge in [-0.05, 0) is 48.4 Å². The first kappa shape index (κ1) is 24.8. The number of fused-ring (bicyclic) bond motifs is 1. The summed E-state index contributed by atoms with van der Waals surface area (Å²) in [7, 11) is 1.86. The van der Waals surface area contributed by atoms with Crippen LogP contribution in [0.3, 0.4) is 0 Å². The molecule has 2 heterocycles. The molecule has 192 valence electrons. The predicted molar refractivity (Wildman–Crippen MR) is 135 cm³/mol. The highest BCUT2D eigenvalue weighted by Gasteiger charge is 2.38. The van der Waals surface area contributed by atoms with Gasteiger partial charge in [0.05, 0.1) is 0 Å². The molecule has 5 rings (SSSR count). The van der Waals surface area contributed by atoms with E-state index in [2.05, 4.69) is 43.8 Å². The van der Waals surface area contributed by atoms with Crippen molar-refractivity contribution < 1.29 is 18.8 Å². The molecule has 1 saturated carbocycles. The summed E-state index contributed by atoms with van der Waals surface area (Å²) in [6.45, 7) is 3.72. The summed E-state index contributed by atoms with van der Waals surface area (Å²) in [5.74, 6) is 0.0416. The average Bonchev–Trinajstić information content (AvgIpc) is 3.45. The number of carbonyl (C=O) groups excluding carboxylic acids is 2. The lowest BCUT2D eigenvalue weighted by molar-refractivity contribution is -0.0457. The van der Waals surface area contributed by atoms with Crippen molar-refractivity contribution in [3.8, 4) is 0 Å². The van der Waals surface area contributed by atoms with E-state index < -0.39 is 5.91 Å². The van der Waals surface area contributed by atoms with E-state index in [0.29, 0.717) is 17.4 Å². The number of aliphatic imine (C=N–C) groups is 1. The van der Waals surface area contributed by atoms with Crippen molar-refractivity contribution in [3.63, 3.8) is 0 Å². The second-order valence-electron chi connectivity index (χ2n) is 9.64. The molecule has 1 aromatic heterocycles. The third-order valence-corrected chi connectivity index (χ3v) is 7.03. The fraction of sp³-hybridized carbons (Fsp3) is 0.370. The lowest BCUT2D eigenvalue weighted by atomic mass is 9.86. The maximum absolute atomic E-state index is 13.5. The van der Waals surface area contributed by atoms with Gasteiger partial charge >= 0.3 is 0 Å². The number of amides is 2. The number of allylic oxidation sites excluding steroid dienone is 1. The third-order valence-electron chi connectivity index (χ3n) is 7.03. The van der Waals surface area contributed by atoms with Crippen molar-refractivity contribution in [2.24, 2.45) is 16.8 Å². The Balaban J connectivity index is 1.19. The van der Waals surface area contributed by atoms with Crippen LogP contribution >= 0.6 is 0 Å². The molecule has 3 aliphatic rings. The molecular formula is C27H29FN6O3. The Morgan fingerprint density at radius 2 is 1.92 bits per heavy atom. The topological polar surface area (TPSA) is 109 Å². The highest BCUT2D eigenvalue weighted by Crippen LogP contribution is 2.39. The van der Waals surface area contributed by atoms with Crippen LogP contribution in [0.5, 0.6) is 0 Å². The van der Waals surface area contributed by atoms with E-state index in [1.54, 1.807) is 24.1 Å². The van der Waals surface area contributed by atoms with Gasteiger partial charge in [0.15, 0.2) is 6.17 Å². The first-order valence-corrected chi connectivity index (χ1v) is 12.3. The number of hydrogen-bond donors (Lipinski definition) is 2. The molecule has 2 aromatic rings. The van der Waals surface area contributed by atoms with Crippen LogP contribution in [0.4, 0.5) is 4.39 Å². The standard InChI is InChI=1S/C27H29FN6O3/c1-15-10-17(4-8-21(15)28)13-29-26(35)23-12-24(31-14-30-23)27(36)33-22-9-6-18-11-19(5-7-20(18)22)25-32-16(2)37-34(25)3/h4-5,7-8,10-12,14,18,20,22,25H,6,9,13H2,1-3H3,(H,29,35)(H,33,36)/t18?,20-,22?,25?/m0/s1.